The Morgan fingerprint density at radius 3 is 2.04 bits per heavy atom. The molecule has 0 saturated carbocycles. The first-order chi connectivity index (χ1) is 11.2. The Hall–Kier alpha value is -1.66. The highest BCUT2D eigenvalue weighted by molar-refractivity contribution is 7.64. The molecule has 0 aromatic heterocycles. The van der Waals surface area contributed by atoms with Crippen molar-refractivity contribution in [3.63, 3.8) is 0 Å². The molecule has 0 saturated heterocycles. The lowest BCUT2D eigenvalue weighted by Gasteiger charge is -2.22. The summed E-state index contributed by atoms with van der Waals surface area (Å²) in [5.41, 5.74) is 4.71. The van der Waals surface area contributed by atoms with E-state index in [0.717, 1.165) is 16.7 Å². The molecule has 0 N–H and O–H groups in total. The van der Waals surface area contributed by atoms with Gasteiger partial charge in [-0.15, -0.1) is 0 Å². The highest BCUT2D eigenvalue weighted by Gasteiger charge is 2.22. The summed E-state index contributed by atoms with van der Waals surface area (Å²) in [5.74, 6) is 0. The molecule has 0 amide bonds. The lowest BCUT2D eigenvalue weighted by Crippen LogP contribution is -2.13. The van der Waals surface area contributed by atoms with Gasteiger partial charge in [0, 0.05) is 11.7 Å². The first-order valence-electron chi connectivity index (χ1n) is 8.43. The summed E-state index contributed by atoms with van der Waals surface area (Å²) in [6, 6.07) is 14.0. The minimum Gasteiger partial charge on any atom is -0.318 e. The molecule has 0 fully saturated rings. The summed E-state index contributed by atoms with van der Waals surface area (Å²) in [6.07, 6.45) is 1.12. The maximum absolute atomic E-state index is 12.7. The Bertz CT molecular complexity index is 732. The SMILES string of the molecule is Cc1cc(C(C)(C)C)cc(C)c1C(=O)[PH](=O)CCc1ccccc1. The molecule has 0 spiro atoms. The van der Waals surface area contributed by atoms with E-state index in [1.807, 2.05) is 44.2 Å². The van der Waals surface area contributed by atoms with Crippen LogP contribution < -0.4 is 0 Å². The van der Waals surface area contributed by atoms with Gasteiger partial charge in [-0.1, -0.05) is 63.2 Å². The van der Waals surface area contributed by atoms with Gasteiger partial charge in [-0.25, -0.2) is 0 Å². The van der Waals surface area contributed by atoms with E-state index in [-0.39, 0.29) is 10.9 Å². The second-order valence-corrected chi connectivity index (χ2v) is 9.27. The van der Waals surface area contributed by atoms with E-state index in [1.54, 1.807) is 0 Å². The Morgan fingerprint density at radius 2 is 1.54 bits per heavy atom. The molecule has 0 bridgehead atoms. The molecule has 0 aliphatic carbocycles. The molecule has 0 aliphatic rings. The predicted octanol–water partition coefficient (Wildman–Crippen LogP) is 5.54. The number of carbonyl (C=O) groups is 1. The number of carbonyl (C=O) groups excluding carboxylic acids is 1. The van der Waals surface area contributed by atoms with Crippen LogP contribution in [0.3, 0.4) is 0 Å². The van der Waals surface area contributed by atoms with E-state index in [0.29, 0.717) is 18.1 Å². The van der Waals surface area contributed by atoms with Crippen LogP contribution >= 0.6 is 7.80 Å². The molecule has 3 heteroatoms. The average molecular weight is 342 g/mol. The molecule has 24 heavy (non-hydrogen) atoms. The number of hydrogen-bond donors (Lipinski definition) is 0. The molecule has 0 heterocycles. The monoisotopic (exact) mass is 342 g/mol. The number of aryl methyl sites for hydroxylation is 3. The predicted molar refractivity (Wildman–Crippen MR) is 103 cm³/mol. The van der Waals surface area contributed by atoms with Crippen LogP contribution in [0.2, 0.25) is 0 Å². The topological polar surface area (TPSA) is 34.1 Å². The molecule has 1 atom stereocenters. The van der Waals surface area contributed by atoms with Crippen LogP contribution in [0.1, 0.15) is 53.4 Å². The van der Waals surface area contributed by atoms with Crippen molar-refractivity contribution in [3.05, 3.63) is 70.3 Å². The third kappa shape index (κ3) is 4.45. The molecular weight excluding hydrogens is 315 g/mol. The Labute approximate surface area is 146 Å². The van der Waals surface area contributed by atoms with Crippen molar-refractivity contribution in [2.45, 2.75) is 46.5 Å². The number of rotatable bonds is 5. The molecule has 2 rings (SSSR count). The van der Waals surface area contributed by atoms with Crippen molar-refractivity contribution in [1.29, 1.82) is 0 Å². The Kier molecular flexibility index (Phi) is 5.83. The van der Waals surface area contributed by atoms with Gasteiger partial charge in [0.1, 0.15) is 7.80 Å². The maximum Gasteiger partial charge on any atom is 0.219 e. The van der Waals surface area contributed by atoms with Crippen LogP contribution in [0.4, 0.5) is 0 Å². The molecule has 128 valence electrons. The summed E-state index contributed by atoms with van der Waals surface area (Å²) in [4.78, 5) is 12.7. The van der Waals surface area contributed by atoms with Gasteiger partial charge < -0.3 is 4.57 Å². The molecule has 0 aliphatic heterocycles. The van der Waals surface area contributed by atoms with Crippen LogP contribution in [0.5, 0.6) is 0 Å². The zero-order chi connectivity index (χ0) is 17.9. The minimum absolute atomic E-state index is 0.0374. The van der Waals surface area contributed by atoms with Gasteiger partial charge >= 0.3 is 0 Å². The highest BCUT2D eigenvalue weighted by atomic mass is 31.1. The van der Waals surface area contributed by atoms with E-state index in [2.05, 4.69) is 32.9 Å². The van der Waals surface area contributed by atoms with Gasteiger partial charge in [0.25, 0.3) is 0 Å². The van der Waals surface area contributed by atoms with Crippen molar-refractivity contribution in [3.8, 4) is 0 Å². The maximum atomic E-state index is 12.7. The van der Waals surface area contributed by atoms with E-state index < -0.39 is 7.80 Å². The number of benzene rings is 2. The summed E-state index contributed by atoms with van der Waals surface area (Å²) in [5, 5.41) is 0. The van der Waals surface area contributed by atoms with Crippen molar-refractivity contribution in [2.75, 3.05) is 6.16 Å². The van der Waals surface area contributed by atoms with Gasteiger partial charge in [-0.3, -0.25) is 4.79 Å². The second-order valence-electron chi connectivity index (χ2n) is 7.47. The van der Waals surface area contributed by atoms with Crippen LogP contribution in [-0.4, -0.2) is 11.7 Å². The van der Waals surface area contributed by atoms with Crippen molar-refractivity contribution < 1.29 is 9.36 Å². The zero-order valence-electron chi connectivity index (χ0n) is 15.3. The summed E-state index contributed by atoms with van der Waals surface area (Å²) in [7, 11) is -2.30. The van der Waals surface area contributed by atoms with E-state index in [9.17, 15) is 9.36 Å². The van der Waals surface area contributed by atoms with E-state index >= 15 is 0 Å². The minimum atomic E-state index is -2.30. The third-order valence-corrected chi connectivity index (χ3v) is 5.82. The lowest BCUT2D eigenvalue weighted by atomic mass is 9.84. The van der Waals surface area contributed by atoms with Crippen LogP contribution in [0.15, 0.2) is 42.5 Å². The van der Waals surface area contributed by atoms with Crippen molar-refractivity contribution >= 4 is 13.3 Å². The molecule has 2 aromatic rings. The van der Waals surface area contributed by atoms with Crippen LogP contribution in [0.25, 0.3) is 0 Å². The fraction of sp³-hybridized carbons (Fsp3) is 0.381. The first-order valence-corrected chi connectivity index (χ1v) is 10.0. The van der Waals surface area contributed by atoms with Gasteiger partial charge in [-0.05, 0) is 47.9 Å². The normalized spacial score (nSPS) is 12.9. The highest BCUT2D eigenvalue weighted by Crippen LogP contribution is 2.33. The van der Waals surface area contributed by atoms with Gasteiger partial charge in [-0.2, -0.15) is 0 Å². The summed E-state index contributed by atoms with van der Waals surface area (Å²) in [6.45, 7) is 10.4. The smallest absolute Gasteiger partial charge is 0.219 e. The van der Waals surface area contributed by atoms with Crippen molar-refractivity contribution in [2.24, 2.45) is 0 Å². The fourth-order valence-electron chi connectivity index (χ4n) is 2.91. The van der Waals surface area contributed by atoms with Crippen molar-refractivity contribution in [1.82, 2.24) is 0 Å². The van der Waals surface area contributed by atoms with E-state index in [4.69, 9.17) is 0 Å². The molecule has 2 nitrogen and oxygen atoms in total. The zero-order valence-corrected chi connectivity index (χ0v) is 16.3. The van der Waals surface area contributed by atoms with Gasteiger partial charge in [0.05, 0.1) is 0 Å². The Balaban J connectivity index is 2.18. The lowest BCUT2D eigenvalue weighted by molar-refractivity contribution is 0.107. The van der Waals surface area contributed by atoms with Gasteiger partial charge in [0.2, 0.25) is 5.52 Å². The standard InChI is InChI=1S/C21H27O2P/c1-15-13-18(21(3,4)5)14-16(2)19(15)20(22)24(23)12-11-17-9-7-6-8-10-17/h6-10,13-14,24H,11-12H2,1-5H3. The second kappa shape index (κ2) is 7.49. The summed E-state index contributed by atoms with van der Waals surface area (Å²) < 4.78 is 12.5. The van der Waals surface area contributed by atoms with Crippen LogP contribution in [0, 0.1) is 13.8 Å². The van der Waals surface area contributed by atoms with E-state index in [1.165, 1.54) is 5.56 Å². The first kappa shape index (κ1) is 18.7. The third-order valence-electron chi connectivity index (χ3n) is 4.36. The molecular formula is C21H27O2P. The molecule has 2 aromatic carbocycles. The summed E-state index contributed by atoms with van der Waals surface area (Å²) >= 11 is 0. The average Bonchev–Trinajstić information content (AvgIpc) is 2.51. The molecule has 1 unspecified atom stereocenters. The quantitative estimate of drug-likeness (QED) is 0.668. The van der Waals surface area contributed by atoms with Gasteiger partial charge in [0.15, 0.2) is 0 Å². The van der Waals surface area contributed by atoms with Crippen LogP contribution in [-0.2, 0) is 16.4 Å². The molecule has 0 radical (unpaired) electrons. The Morgan fingerprint density at radius 1 is 1.00 bits per heavy atom. The largest absolute Gasteiger partial charge is 0.318 e. The fourth-order valence-corrected chi connectivity index (χ4v) is 4.33. The number of hydrogen-bond acceptors (Lipinski definition) is 2.